The summed E-state index contributed by atoms with van der Waals surface area (Å²) in [6.45, 7) is 4.53. The van der Waals surface area contributed by atoms with Crippen molar-refractivity contribution in [3.8, 4) is 28.7 Å². The minimum atomic E-state index is -0.210. The van der Waals surface area contributed by atoms with E-state index in [9.17, 15) is 5.26 Å². The topological polar surface area (TPSA) is 123 Å². The van der Waals surface area contributed by atoms with Crippen LogP contribution in [0.1, 0.15) is 36.8 Å². The summed E-state index contributed by atoms with van der Waals surface area (Å²) in [6, 6.07) is 13.9. The fourth-order valence-electron chi connectivity index (χ4n) is 4.62. The van der Waals surface area contributed by atoms with Crippen LogP contribution in [0.3, 0.4) is 0 Å². The van der Waals surface area contributed by atoms with Crippen molar-refractivity contribution in [3.05, 3.63) is 72.6 Å². The summed E-state index contributed by atoms with van der Waals surface area (Å²) in [7, 11) is 1.67. The second-order valence-corrected chi connectivity index (χ2v) is 9.27. The molecule has 2 aromatic heterocycles. The van der Waals surface area contributed by atoms with Gasteiger partial charge in [0, 0.05) is 18.0 Å². The van der Waals surface area contributed by atoms with Crippen LogP contribution in [-0.2, 0) is 6.54 Å². The number of aromatic nitrogens is 5. The van der Waals surface area contributed by atoms with Crippen LogP contribution in [0, 0.1) is 11.3 Å². The molecule has 1 fully saturated rings. The molecule has 1 aliphatic heterocycles. The number of piperidine rings is 1. The lowest BCUT2D eigenvalue weighted by atomic mass is 9.90. The molecule has 202 valence electrons. The smallest absolute Gasteiger partial charge is 0.227 e. The Morgan fingerprint density at radius 2 is 1.90 bits per heavy atom. The zero-order valence-corrected chi connectivity index (χ0v) is 23.0. The molecule has 0 radical (unpaired) electrons. The molecule has 3 heterocycles. The maximum absolute atomic E-state index is 9.56. The number of hydrogen-bond donors (Lipinski definition) is 2. The SMILES string of the molecule is COc1cc(C2CCNCC2)ccc1Nc1ncc(-c2ccc(C#N)c(O[C@@H](C)Cn3cncn3)c2)cn1.S. The molecule has 1 atom stereocenters. The third-order valence-corrected chi connectivity index (χ3v) is 6.61. The molecule has 5 rings (SSSR count). The third-order valence-electron chi connectivity index (χ3n) is 6.61. The van der Waals surface area contributed by atoms with Gasteiger partial charge in [0.1, 0.15) is 36.3 Å². The molecule has 0 unspecified atom stereocenters. The molecule has 4 aromatic rings. The number of rotatable bonds is 9. The lowest BCUT2D eigenvalue weighted by molar-refractivity contribution is 0.193. The third kappa shape index (κ3) is 6.85. The highest BCUT2D eigenvalue weighted by molar-refractivity contribution is 7.59. The van der Waals surface area contributed by atoms with E-state index in [0.717, 1.165) is 48.5 Å². The Labute approximate surface area is 234 Å². The van der Waals surface area contributed by atoms with Gasteiger partial charge < -0.3 is 20.1 Å². The molecule has 2 N–H and O–H groups in total. The van der Waals surface area contributed by atoms with Crippen molar-refractivity contribution in [2.24, 2.45) is 0 Å². The Morgan fingerprint density at radius 1 is 1.10 bits per heavy atom. The van der Waals surface area contributed by atoms with E-state index < -0.39 is 0 Å². The van der Waals surface area contributed by atoms with Crippen molar-refractivity contribution >= 4 is 25.1 Å². The highest BCUT2D eigenvalue weighted by Gasteiger charge is 2.17. The minimum absolute atomic E-state index is 0. The van der Waals surface area contributed by atoms with E-state index in [4.69, 9.17) is 9.47 Å². The van der Waals surface area contributed by atoms with Crippen LogP contribution in [-0.4, -0.2) is 51.0 Å². The first-order chi connectivity index (χ1) is 18.6. The lowest BCUT2D eigenvalue weighted by Crippen LogP contribution is -2.26. The highest BCUT2D eigenvalue weighted by atomic mass is 32.1. The van der Waals surface area contributed by atoms with Gasteiger partial charge in [-0.3, -0.25) is 0 Å². The molecular formula is C28H32N8O2S. The number of nitrogens with zero attached hydrogens (tertiary/aromatic N) is 6. The number of anilines is 2. The molecular weight excluding hydrogens is 512 g/mol. The highest BCUT2D eigenvalue weighted by Crippen LogP contribution is 2.34. The molecule has 0 amide bonds. The van der Waals surface area contributed by atoms with Crippen LogP contribution in [0.25, 0.3) is 11.1 Å². The fraction of sp³-hybridized carbons (Fsp3) is 0.321. The van der Waals surface area contributed by atoms with Crippen molar-refractivity contribution < 1.29 is 9.47 Å². The average molecular weight is 545 g/mol. The average Bonchev–Trinajstić information content (AvgIpc) is 3.47. The van der Waals surface area contributed by atoms with Gasteiger partial charge in [-0.05, 0) is 74.2 Å². The molecule has 0 bridgehead atoms. The standard InChI is InChI=1S/C28H30N8O2.H2S/c1-19(16-36-18-31-17-34-36)38-26-11-22(3-4-23(26)13-29)24-14-32-28(33-15-24)35-25-6-5-21(12-27(25)37-2)20-7-9-30-10-8-20;/h3-6,11-12,14-15,17-20,30H,7-10,16H2,1-2H3,(H,32,33,35);1H2/t19-;/m0./s1. The van der Waals surface area contributed by atoms with E-state index >= 15 is 0 Å². The first-order valence-corrected chi connectivity index (χ1v) is 12.6. The Bertz CT molecular complexity index is 1400. The van der Waals surface area contributed by atoms with Gasteiger partial charge in [0.05, 0.1) is 24.9 Å². The van der Waals surface area contributed by atoms with Crippen LogP contribution < -0.4 is 20.1 Å². The number of benzene rings is 2. The van der Waals surface area contributed by atoms with E-state index in [1.807, 2.05) is 25.1 Å². The van der Waals surface area contributed by atoms with E-state index in [0.29, 0.717) is 29.7 Å². The van der Waals surface area contributed by atoms with E-state index in [1.54, 1.807) is 36.6 Å². The molecule has 1 aliphatic rings. The van der Waals surface area contributed by atoms with Crippen molar-refractivity contribution in [1.82, 2.24) is 30.0 Å². The Balaban J connectivity index is 0.00000353. The van der Waals surface area contributed by atoms with E-state index in [2.05, 4.69) is 48.9 Å². The van der Waals surface area contributed by atoms with Gasteiger partial charge in [0.2, 0.25) is 5.95 Å². The van der Waals surface area contributed by atoms with Crippen molar-refractivity contribution in [2.45, 2.75) is 38.3 Å². The van der Waals surface area contributed by atoms with Gasteiger partial charge in [-0.15, -0.1) is 0 Å². The molecule has 11 heteroatoms. The van der Waals surface area contributed by atoms with Crippen molar-refractivity contribution in [2.75, 3.05) is 25.5 Å². The van der Waals surface area contributed by atoms with Crippen molar-refractivity contribution in [1.29, 1.82) is 5.26 Å². The molecule has 2 aromatic carbocycles. The first-order valence-electron chi connectivity index (χ1n) is 12.6. The predicted molar refractivity (Wildman–Crippen MR) is 154 cm³/mol. The van der Waals surface area contributed by atoms with E-state index in [1.165, 1.54) is 11.9 Å². The van der Waals surface area contributed by atoms with Gasteiger partial charge in [0.15, 0.2) is 0 Å². The minimum Gasteiger partial charge on any atom is -0.495 e. The largest absolute Gasteiger partial charge is 0.495 e. The normalized spacial score (nSPS) is 14.1. The zero-order valence-electron chi connectivity index (χ0n) is 22.0. The van der Waals surface area contributed by atoms with Gasteiger partial charge in [-0.2, -0.15) is 23.9 Å². The number of nitrogens with one attached hydrogen (secondary N) is 2. The summed E-state index contributed by atoms with van der Waals surface area (Å²) in [5.41, 5.74) is 4.22. The second-order valence-electron chi connectivity index (χ2n) is 9.27. The Morgan fingerprint density at radius 3 is 2.59 bits per heavy atom. The Hall–Kier alpha value is -4.14. The van der Waals surface area contributed by atoms with Crippen LogP contribution in [0.15, 0.2) is 61.4 Å². The van der Waals surface area contributed by atoms with Gasteiger partial charge in [-0.25, -0.2) is 19.6 Å². The van der Waals surface area contributed by atoms with Crippen LogP contribution >= 0.6 is 13.5 Å². The molecule has 10 nitrogen and oxygen atoms in total. The summed E-state index contributed by atoms with van der Waals surface area (Å²) in [4.78, 5) is 13.0. The zero-order chi connectivity index (χ0) is 26.3. The van der Waals surface area contributed by atoms with Gasteiger partial charge in [-0.1, -0.05) is 12.1 Å². The van der Waals surface area contributed by atoms with Crippen LogP contribution in [0.5, 0.6) is 11.5 Å². The monoisotopic (exact) mass is 544 g/mol. The quantitative estimate of drug-likeness (QED) is 0.315. The number of methoxy groups -OCH3 is 1. The first kappa shape index (κ1) is 27.9. The summed E-state index contributed by atoms with van der Waals surface area (Å²) >= 11 is 0. The summed E-state index contributed by atoms with van der Waals surface area (Å²) in [6.07, 6.45) is 8.65. The number of ether oxygens (including phenoxy) is 2. The Kier molecular flexibility index (Phi) is 9.35. The van der Waals surface area contributed by atoms with Crippen molar-refractivity contribution in [3.63, 3.8) is 0 Å². The summed E-state index contributed by atoms with van der Waals surface area (Å²) in [5.74, 6) is 2.27. The lowest BCUT2D eigenvalue weighted by Gasteiger charge is -2.24. The second kappa shape index (κ2) is 13.1. The fourth-order valence-corrected chi connectivity index (χ4v) is 4.62. The number of hydrogen-bond acceptors (Lipinski definition) is 9. The maximum Gasteiger partial charge on any atom is 0.227 e. The van der Waals surface area contributed by atoms with Crippen LogP contribution in [0.4, 0.5) is 11.6 Å². The van der Waals surface area contributed by atoms with Gasteiger partial charge in [0.25, 0.3) is 0 Å². The van der Waals surface area contributed by atoms with E-state index in [-0.39, 0.29) is 19.6 Å². The predicted octanol–water partition coefficient (Wildman–Crippen LogP) is 4.41. The molecule has 0 aliphatic carbocycles. The summed E-state index contributed by atoms with van der Waals surface area (Å²) < 4.78 is 13.4. The number of nitriles is 1. The van der Waals surface area contributed by atoms with Crippen LogP contribution in [0.2, 0.25) is 0 Å². The molecule has 0 spiro atoms. The summed E-state index contributed by atoms with van der Waals surface area (Å²) in [5, 5.41) is 20.3. The van der Waals surface area contributed by atoms with Gasteiger partial charge >= 0.3 is 0 Å². The molecule has 1 saturated heterocycles. The molecule has 0 saturated carbocycles. The maximum atomic E-state index is 9.56. The molecule has 39 heavy (non-hydrogen) atoms.